The summed E-state index contributed by atoms with van der Waals surface area (Å²) >= 11 is 5.82. The van der Waals surface area contributed by atoms with Gasteiger partial charge in [0.1, 0.15) is 11.5 Å². The second kappa shape index (κ2) is 6.16. The molecule has 88 valence electrons. The van der Waals surface area contributed by atoms with E-state index in [2.05, 4.69) is 0 Å². The van der Waals surface area contributed by atoms with Gasteiger partial charge < -0.3 is 9.47 Å². The molecule has 0 amide bonds. The van der Waals surface area contributed by atoms with Crippen LogP contribution in [0.2, 0.25) is 0 Å². The molecule has 0 fully saturated rings. The van der Waals surface area contributed by atoms with E-state index in [-0.39, 0.29) is 5.88 Å². The molecule has 2 aromatic carbocycles. The quantitative estimate of drug-likeness (QED) is 0.593. The molecule has 2 aromatic rings. The summed E-state index contributed by atoms with van der Waals surface area (Å²) < 4.78 is 11.2. The number of hydrogen-bond donors (Lipinski definition) is 0. The molecule has 0 aromatic heterocycles. The largest absolute Gasteiger partial charge is 0.454 e. The van der Waals surface area contributed by atoms with Crippen molar-refractivity contribution in [1.29, 1.82) is 0 Å². The average molecular weight is 249 g/mol. The predicted octanol–water partition coefficient (Wildman–Crippen LogP) is 3.71. The minimum Gasteiger partial charge on any atom is -0.454 e. The van der Waals surface area contributed by atoms with Crippen molar-refractivity contribution >= 4 is 11.6 Å². The van der Waals surface area contributed by atoms with Gasteiger partial charge in [0.2, 0.25) is 0 Å². The fourth-order valence-corrected chi connectivity index (χ4v) is 1.51. The highest BCUT2D eigenvalue weighted by molar-refractivity contribution is 6.18. The zero-order chi connectivity index (χ0) is 11.9. The monoisotopic (exact) mass is 248 g/mol. The molecular weight excluding hydrogens is 236 g/mol. The number of hydrogen-bond acceptors (Lipinski definition) is 2. The lowest BCUT2D eigenvalue weighted by Gasteiger charge is -2.18. The van der Waals surface area contributed by atoms with Gasteiger partial charge in [0, 0.05) is 0 Å². The van der Waals surface area contributed by atoms with E-state index in [0.29, 0.717) is 0 Å². The molecular formula is C14H13ClO2. The summed E-state index contributed by atoms with van der Waals surface area (Å²) in [7, 11) is 0. The Kier molecular flexibility index (Phi) is 4.28. The van der Waals surface area contributed by atoms with E-state index in [9.17, 15) is 0 Å². The van der Waals surface area contributed by atoms with Crippen molar-refractivity contribution in [2.24, 2.45) is 0 Å². The van der Waals surface area contributed by atoms with Crippen LogP contribution in [0.4, 0.5) is 0 Å². The van der Waals surface area contributed by atoms with Crippen molar-refractivity contribution < 1.29 is 9.47 Å². The van der Waals surface area contributed by atoms with E-state index in [0.717, 1.165) is 11.5 Å². The van der Waals surface area contributed by atoms with Crippen LogP contribution in [0, 0.1) is 0 Å². The van der Waals surface area contributed by atoms with Crippen LogP contribution in [-0.4, -0.2) is 12.2 Å². The van der Waals surface area contributed by atoms with Gasteiger partial charge in [-0.3, -0.25) is 0 Å². The van der Waals surface area contributed by atoms with Crippen molar-refractivity contribution in [3.05, 3.63) is 60.7 Å². The van der Waals surface area contributed by atoms with Gasteiger partial charge in [0.15, 0.2) is 0 Å². The molecule has 0 N–H and O–H groups in total. The Morgan fingerprint density at radius 3 is 1.53 bits per heavy atom. The van der Waals surface area contributed by atoms with Crippen molar-refractivity contribution in [3.8, 4) is 11.5 Å². The summed E-state index contributed by atoms with van der Waals surface area (Å²) in [6.07, 6.45) is -0.485. The highest BCUT2D eigenvalue weighted by Crippen LogP contribution is 2.16. The van der Waals surface area contributed by atoms with Crippen LogP contribution in [-0.2, 0) is 0 Å². The highest BCUT2D eigenvalue weighted by atomic mass is 35.5. The maximum absolute atomic E-state index is 5.82. The van der Waals surface area contributed by atoms with Crippen molar-refractivity contribution in [1.82, 2.24) is 0 Å². The smallest absolute Gasteiger partial charge is 0.254 e. The van der Waals surface area contributed by atoms with Crippen molar-refractivity contribution in [2.45, 2.75) is 6.29 Å². The minimum atomic E-state index is -0.485. The molecule has 0 saturated heterocycles. The van der Waals surface area contributed by atoms with Crippen molar-refractivity contribution in [3.63, 3.8) is 0 Å². The standard InChI is InChI=1S/C14H13ClO2/c15-11-14(16-12-7-3-1-4-8-12)17-13-9-5-2-6-10-13/h1-10,14H,11H2. The number of ether oxygens (including phenoxy) is 2. The molecule has 0 unspecified atom stereocenters. The third-order valence-corrected chi connectivity index (χ3v) is 2.40. The Balaban J connectivity index is 1.98. The van der Waals surface area contributed by atoms with E-state index in [1.807, 2.05) is 60.7 Å². The van der Waals surface area contributed by atoms with Crippen molar-refractivity contribution in [2.75, 3.05) is 5.88 Å². The molecule has 0 spiro atoms. The van der Waals surface area contributed by atoms with Gasteiger partial charge in [-0.2, -0.15) is 0 Å². The first-order valence-corrected chi connectivity index (χ1v) is 5.91. The van der Waals surface area contributed by atoms with E-state index in [1.54, 1.807) is 0 Å². The van der Waals surface area contributed by atoms with Crippen LogP contribution in [0.3, 0.4) is 0 Å². The lowest BCUT2D eigenvalue weighted by molar-refractivity contribution is 0.0253. The summed E-state index contributed by atoms with van der Waals surface area (Å²) in [6, 6.07) is 19.0. The molecule has 2 rings (SSSR count). The van der Waals surface area contributed by atoms with Gasteiger partial charge in [-0.05, 0) is 24.3 Å². The molecule has 17 heavy (non-hydrogen) atoms. The van der Waals surface area contributed by atoms with Crippen LogP contribution >= 0.6 is 11.6 Å². The average Bonchev–Trinajstić information content (AvgIpc) is 2.40. The van der Waals surface area contributed by atoms with Crippen LogP contribution in [0.25, 0.3) is 0 Å². The lowest BCUT2D eigenvalue weighted by atomic mass is 10.3. The first-order chi connectivity index (χ1) is 8.38. The fourth-order valence-electron chi connectivity index (χ4n) is 1.39. The Bertz CT molecular complexity index is 389. The second-order valence-electron chi connectivity index (χ2n) is 3.45. The van der Waals surface area contributed by atoms with Gasteiger partial charge in [-0.15, -0.1) is 11.6 Å². The zero-order valence-corrected chi connectivity index (χ0v) is 10.0. The third-order valence-electron chi connectivity index (χ3n) is 2.15. The van der Waals surface area contributed by atoms with Crippen LogP contribution < -0.4 is 9.47 Å². The number of para-hydroxylation sites is 2. The topological polar surface area (TPSA) is 18.5 Å². The van der Waals surface area contributed by atoms with Crippen LogP contribution in [0.1, 0.15) is 0 Å². The maximum atomic E-state index is 5.82. The minimum absolute atomic E-state index is 0.268. The molecule has 0 saturated carbocycles. The number of halogens is 1. The molecule has 0 aliphatic carbocycles. The maximum Gasteiger partial charge on any atom is 0.254 e. The SMILES string of the molecule is ClCC(Oc1ccccc1)Oc1ccccc1. The summed E-state index contributed by atoms with van der Waals surface area (Å²) in [5.41, 5.74) is 0. The highest BCUT2D eigenvalue weighted by Gasteiger charge is 2.10. The summed E-state index contributed by atoms with van der Waals surface area (Å²) in [5, 5.41) is 0. The number of alkyl halides is 1. The van der Waals surface area contributed by atoms with Gasteiger partial charge in [0.25, 0.3) is 6.29 Å². The fraction of sp³-hybridized carbons (Fsp3) is 0.143. The molecule has 0 atom stereocenters. The lowest BCUT2D eigenvalue weighted by Crippen LogP contribution is -2.25. The molecule has 2 nitrogen and oxygen atoms in total. The predicted molar refractivity (Wildman–Crippen MR) is 68.6 cm³/mol. The molecule has 0 bridgehead atoms. The van der Waals surface area contributed by atoms with Gasteiger partial charge >= 0.3 is 0 Å². The first-order valence-electron chi connectivity index (χ1n) is 5.38. The Morgan fingerprint density at radius 2 is 1.18 bits per heavy atom. The zero-order valence-electron chi connectivity index (χ0n) is 9.25. The molecule has 0 heterocycles. The second-order valence-corrected chi connectivity index (χ2v) is 3.75. The molecule has 0 aliphatic rings. The third kappa shape index (κ3) is 3.68. The van der Waals surface area contributed by atoms with E-state index < -0.39 is 6.29 Å². The Labute approximate surface area is 106 Å². The molecule has 3 heteroatoms. The van der Waals surface area contributed by atoms with E-state index in [1.165, 1.54) is 0 Å². The van der Waals surface area contributed by atoms with Crippen LogP contribution in [0.5, 0.6) is 11.5 Å². The Morgan fingerprint density at radius 1 is 0.765 bits per heavy atom. The number of rotatable bonds is 5. The summed E-state index contributed by atoms with van der Waals surface area (Å²) in [5.74, 6) is 1.76. The van der Waals surface area contributed by atoms with E-state index >= 15 is 0 Å². The van der Waals surface area contributed by atoms with Crippen LogP contribution in [0.15, 0.2) is 60.7 Å². The van der Waals surface area contributed by atoms with Gasteiger partial charge in [0.05, 0.1) is 5.88 Å². The van der Waals surface area contributed by atoms with Gasteiger partial charge in [-0.25, -0.2) is 0 Å². The summed E-state index contributed by atoms with van der Waals surface area (Å²) in [6.45, 7) is 0. The van der Waals surface area contributed by atoms with Gasteiger partial charge in [-0.1, -0.05) is 36.4 Å². The normalized spacial score (nSPS) is 10.2. The molecule has 0 aliphatic heterocycles. The Hall–Kier alpha value is -1.67. The number of benzene rings is 2. The first kappa shape index (κ1) is 11.8. The summed E-state index contributed by atoms with van der Waals surface area (Å²) in [4.78, 5) is 0. The molecule has 0 radical (unpaired) electrons. The van der Waals surface area contributed by atoms with E-state index in [4.69, 9.17) is 21.1 Å².